The molecule has 0 unspecified atom stereocenters. The van der Waals surface area contributed by atoms with Crippen LogP contribution in [0.2, 0.25) is 0 Å². The van der Waals surface area contributed by atoms with Crippen LogP contribution >= 0.6 is 0 Å². The summed E-state index contributed by atoms with van der Waals surface area (Å²) in [5.74, 6) is 0.207. The Hall–Kier alpha value is -1.66. The van der Waals surface area contributed by atoms with Crippen molar-refractivity contribution in [2.45, 2.75) is 52.2 Å². The summed E-state index contributed by atoms with van der Waals surface area (Å²) < 4.78 is 16.4. The van der Waals surface area contributed by atoms with Crippen LogP contribution in [-0.4, -0.2) is 43.0 Å². The molecule has 128 valence electrons. The zero-order chi connectivity index (χ0) is 16.8. The van der Waals surface area contributed by atoms with E-state index in [-0.39, 0.29) is 29.7 Å². The number of nitrogens with one attached hydrogen (secondary N) is 1. The van der Waals surface area contributed by atoms with Gasteiger partial charge in [0, 0.05) is 12.7 Å². The van der Waals surface area contributed by atoms with E-state index in [0.717, 1.165) is 12.1 Å². The Kier molecular flexibility index (Phi) is 6.36. The van der Waals surface area contributed by atoms with Gasteiger partial charge in [-0.05, 0) is 26.2 Å². The highest BCUT2D eigenvalue weighted by molar-refractivity contribution is 5.91. The van der Waals surface area contributed by atoms with Gasteiger partial charge in [0.25, 0.3) is 5.91 Å². The van der Waals surface area contributed by atoms with E-state index >= 15 is 0 Å². The van der Waals surface area contributed by atoms with Crippen molar-refractivity contribution in [2.75, 3.05) is 19.8 Å². The van der Waals surface area contributed by atoms with Crippen molar-refractivity contribution in [2.24, 2.45) is 0 Å². The van der Waals surface area contributed by atoms with E-state index < -0.39 is 0 Å². The summed E-state index contributed by atoms with van der Waals surface area (Å²) in [4.78, 5) is 12.3. The molecular formula is C17H26N2O4. The molecule has 2 atom stereocenters. The molecule has 0 aromatic carbocycles. The third-order valence-corrected chi connectivity index (χ3v) is 3.77. The molecule has 6 nitrogen and oxygen atoms in total. The zero-order valence-corrected chi connectivity index (χ0v) is 14.3. The van der Waals surface area contributed by atoms with Crippen LogP contribution in [0.4, 0.5) is 0 Å². The second-order valence-electron chi connectivity index (χ2n) is 6.37. The van der Waals surface area contributed by atoms with Gasteiger partial charge in [-0.15, -0.1) is 0 Å². The first kappa shape index (κ1) is 17.7. The van der Waals surface area contributed by atoms with Crippen LogP contribution in [-0.2, 0) is 9.47 Å². The third-order valence-electron chi connectivity index (χ3n) is 3.77. The van der Waals surface area contributed by atoms with Gasteiger partial charge >= 0.3 is 0 Å². The molecule has 0 spiro atoms. The molecule has 23 heavy (non-hydrogen) atoms. The van der Waals surface area contributed by atoms with Gasteiger partial charge in [0.1, 0.15) is 6.10 Å². The van der Waals surface area contributed by atoms with E-state index in [1.807, 2.05) is 33.8 Å². The molecule has 2 heterocycles. The molecule has 0 bridgehead atoms. The number of amides is 1. The highest BCUT2D eigenvalue weighted by Gasteiger charge is 2.29. The van der Waals surface area contributed by atoms with Gasteiger partial charge in [0.15, 0.2) is 0 Å². The molecule has 1 amide bonds. The summed E-state index contributed by atoms with van der Waals surface area (Å²) in [6.07, 6.45) is 2.57. The van der Waals surface area contributed by atoms with Gasteiger partial charge in [-0.1, -0.05) is 30.7 Å². The minimum absolute atomic E-state index is 0.0885. The highest BCUT2D eigenvalue weighted by atomic mass is 16.5. The van der Waals surface area contributed by atoms with E-state index in [1.165, 1.54) is 5.57 Å². The quantitative estimate of drug-likeness (QED) is 0.815. The second-order valence-corrected chi connectivity index (χ2v) is 6.37. The predicted molar refractivity (Wildman–Crippen MR) is 86.5 cm³/mol. The number of carbonyl (C=O) groups is 1. The molecule has 1 N–H and O–H groups in total. The fourth-order valence-corrected chi connectivity index (χ4v) is 2.29. The lowest BCUT2D eigenvalue weighted by molar-refractivity contribution is -0.0590. The van der Waals surface area contributed by atoms with Crippen molar-refractivity contribution in [1.82, 2.24) is 10.5 Å². The van der Waals surface area contributed by atoms with E-state index in [1.54, 1.807) is 6.07 Å². The number of allylic oxidation sites excluding steroid dienone is 1. The molecular weight excluding hydrogens is 296 g/mol. The molecule has 1 fully saturated rings. The largest absolute Gasteiger partial charge is 0.379 e. The summed E-state index contributed by atoms with van der Waals surface area (Å²) >= 11 is 0. The average molecular weight is 322 g/mol. The Bertz CT molecular complexity index is 547. The van der Waals surface area contributed by atoms with Crippen LogP contribution in [0.3, 0.4) is 0 Å². The SMILES string of the molecule is CC(C)=CCO[C@@H]1COCC[C@H]1NC(=O)c1cc(C(C)C)no1. The van der Waals surface area contributed by atoms with Gasteiger partial charge in [-0.2, -0.15) is 0 Å². The number of ether oxygens (including phenoxy) is 2. The highest BCUT2D eigenvalue weighted by Crippen LogP contribution is 2.16. The maximum Gasteiger partial charge on any atom is 0.290 e. The molecule has 1 saturated heterocycles. The van der Waals surface area contributed by atoms with Crippen LogP contribution in [0, 0.1) is 0 Å². The first-order valence-electron chi connectivity index (χ1n) is 8.07. The Morgan fingerprint density at radius 1 is 1.52 bits per heavy atom. The number of hydrogen-bond acceptors (Lipinski definition) is 5. The predicted octanol–water partition coefficient (Wildman–Crippen LogP) is 2.67. The molecule has 1 aliphatic rings. The van der Waals surface area contributed by atoms with Crippen molar-refractivity contribution in [3.05, 3.63) is 29.2 Å². The summed E-state index contributed by atoms with van der Waals surface area (Å²) in [6.45, 7) is 9.67. The Labute approximate surface area is 137 Å². The molecule has 1 aromatic rings. The minimum Gasteiger partial charge on any atom is -0.379 e. The zero-order valence-electron chi connectivity index (χ0n) is 14.3. The first-order chi connectivity index (χ1) is 11.0. The number of aromatic nitrogens is 1. The van der Waals surface area contributed by atoms with Crippen LogP contribution in [0.15, 0.2) is 22.2 Å². The molecule has 1 aromatic heterocycles. The van der Waals surface area contributed by atoms with Crippen LogP contribution in [0.1, 0.15) is 56.3 Å². The van der Waals surface area contributed by atoms with Crippen LogP contribution < -0.4 is 5.32 Å². The third kappa shape index (κ3) is 5.18. The Balaban J connectivity index is 1.94. The molecule has 2 rings (SSSR count). The summed E-state index contributed by atoms with van der Waals surface area (Å²) in [6, 6.07) is 1.60. The minimum atomic E-state index is -0.257. The van der Waals surface area contributed by atoms with Crippen molar-refractivity contribution in [3.8, 4) is 0 Å². The van der Waals surface area contributed by atoms with Crippen molar-refractivity contribution >= 4 is 5.91 Å². The Morgan fingerprint density at radius 2 is 2.30 bits per heavy atom. The average Bonchev–Trinajstić information content (AvgIpc) is 2.99. The van der Waals surface area contributed by atoms with Crippen LogP contribution in [0.25, 0.3) is 0 Å². The van der Waals surface area contributed by atoms with E-state index in [0.29, 0.717) is 19.8 Å². The van der Waals surface area contributed by atoms with Gasteiger partial charge in [0.2, 0.25) is 5.76 Å². The number of hydrogen-bond donors (Lipinski definition) is 1. The lowest BCUT2D eigenvalue weighted by atomic mass is 10.1. The van der Waals surface area contributed by atoms with Gasteiger partial charge < -0.3 is 19.3 Å². The van der Waals surface area contributed by atoms with E-state index in [4.69, 9.17) is 14.0 Å². The number of rotatable bonds is 6. The van der Waals surface area contributed by atoms with E-state index in [2.05, 4.69) is 10.5 Å². The summed E-state index contributed by atoms with van der Waals surface area (Å²) in [7, 11) is 0. The molecule has 1 aliphatic heterocycles. The molecule has 0 aliphatic carbocycles. The topological polar surface area (TPSA) is 73.6 Å². The van der Waals surface area contributed by atoms with Crippen molar-refractivity contribution in [1.29, 1.82) is 0 Å². The number of nitrogens with zero attached hydrogens (tertiary/aromatic N) is 1. The lowest BCUT2D eigenvalue weighted by Crippen LogP contribution is -2.50. The van der Waals surface area contributed by atoms with Gasteiger partial charge in [0.05, 0.1) is 24.9 Å². The maximum atomic E-state index is 12.3. The number of carbonyl (C=O) groups excluding carboxylic acids is 1. The molecule has 0 radical (unpaired) electrons. The van der Waals surface area contributed by atoms with Crippen molar-refractivity contribution < 1.29 is 18.8 Å². The normalized spacial score (nSPS) is 21.3. The molecule has 6 heteroatoms. The van der Waals surface area contributed by atoms with Gasteiger partial charge in [-0.3, -0.25) is 4.79 Å². The fourth-order valence-electron chi connectivity index (χ4n) is 2.29. The maximum absolute atomic E-state index is 12.3. The second kappa shape index (κ2) is 8.26. The lowest BCUT2D eigenvalue weighted by Gasteiger charge is -2.31. The Morgan fingerprint density at radius 3 is 2.96 bits per heavy atom. The smallest absolute Gasteiger partial charge is 0.290 e. The molecule has 0 saturated carbocycles. The monoisotopic (exact) mass is 322 g/mol. The van der Waals surface area contributed by atoms with E-state index in [9.17, 15) is 4.79 Å². The van der Waals surface area contributed by atoms with Crippen molar-refractivity contribution in [3.63, 3.8) is 0 Å². The van der Waals surface area contributed by atoms with Crippen LogP contribution in [0.5, 0.6) is 0 Å². The standard InChI is InChI=1S/C17H26N2O4/c1-11(2)5-8-22-16-10-21-7-6-13(16)18-17(20)15-9-14(12(3)4)19-23-15/h5,9,12-13,16H,6-8,10H2,1-4H3,(H,18,20)/t13-,16-/m1/s1. The van der Waals surface area contributed by atoms with Gasteiger partial charge in [-0.25, -0.2) is 0 Å². The summed E-state index contributed by atoms with van der Waals surface area (Å²) in [5.41, 5.74) is 1.98. The summed E-state index contributed by atoms with van der Waals surface area (Å²) in [5, 5.41) is 6.90. The fraction of sp³-hybridized carbons (Fsp3) is 0.647. The first-order valence-corrected chi connectivity index (χ1v) is 8.07.